The molecule has 1 unspecified atom stereocenters. The van der Waals surface area contributed by atoms with Crippen LogP contribution >= 0.6 is 0 Å². The Labute approximate surface area is 151 Å². The molecule has 0 aromatic heterocycles. The van der Waals surface area contributed by atoms with Gasteiger partial charge >= 0.3 is 0 Å². The van der Waals surface area contributed by atoms with E-state index in [1.165, 1.54) is 0 Å². The molecular weight excluding hydrogens is 310 g/mol. The molecule has 2 atom stereocenters. The number of carbonyl (C=O) groups excluding carboxylic acids is 1. The minimum atomic E-state index is -0.617. The number of hydrogen-bond acceptors (Lipinski definition) is 2. The predicted octanol–water partition coefficient (Wildman–Crippen LogP) is 4.23. The molecule has 25 heavy (non-hydrogen) atoms. The molecule has 0 heterocycles. The van der Waals surface area contributed by atoms with Crippen LogP contribution in [0.25, 0.3) is 0 Å². The van der Waals surface area contributed by atoms with E-state index in [-0.39, 0.29) is 12.5 Å². The Morgan fingerprint density at radius 3 is 2.12 bits per heavy atom. The van der Waals surface area contributed by atoms with E-state index in [2.05, 4.69) is 19.2 Å². The van der Waals surface area contributed by atoms with Crippen molar-refractivity contribution in [3.05, 3.63) is 71.8 Å². The smallest absolute Gasteiger partial charge is 0.230 e. The van der Waals surface area contributed by atoms with Gasteiger partial charge in [-0.25, -0.2) is 0 Å². The first-order valence-electron chi connectivity index (χ1n) is 8.99. The number of hydrogen-bond donors (Lipinski definition) is 2. The highest BCUT2D eigenvalue weighted by molar-refractivity contribution is 5.88. The largest absolute Gasteiger partial charge is 0.394 e. The van der Waals surface area contributed by atoms with Crippen LogP contribution in [0.15, 0.2) is 60.7 Å². The summed E-state index contributed by atoms with van der Waals surface area (Å²) in [6.45, 7) is 6.22. The van der Waals surface area contributed by atoms with E-state index in [1.807, 2.05) is 67.6 Å². The number of benzene rings is 2. The zero-order chi connectivity index (χ0) is 18.3. The van der Waals surface area contributed by atoms with Gasteiger partial charge in [0.1, 0.15) is 0 Å². The van der Waals surface area contributed by atoms with Crippen LogP contribution in [0.3, 0.4) is 0 Å². The molecule has 2 aromatic rings. The van der Waals surface area contributed by atoms with Crippen LogP contribution < -0.4 is 5.32 Å². The molecule has 0 radical (unpaired) electrons. The van der Waals surface area contributed by atoms with Gasteiger partial charge in [0.25, 0.3) is 0 Å². The van der Waals surface area contributed by atoms with E-state index >= 15 is 0 Å². The number of carbonyl (C=O) groups is 1. The summed E-state index contributed by atoms with van der Waals surface area (Å²) in [5.41, 5.74) is 1.31. The molecule has 0 saturated heterocycles. The van der Waals surface area contributed by atoms with E-state index in [0.29, 0.717) is 5.92 Å². The second-order valence-corrected chi connectivity index (χ2v) is 7.25. The summed E-state index contributed by atoms with van der Waals surface area (Å²) >= 11 is 0. The fraction of sp³-hybridized carbons (Fsp3) is 0.409. The van der Waals surface area contributed by atoms with Crippen molar-refractivity contribution in [2.75, 3.05) is 6.61 Å². The van der Waals surface area contributed by atoms with E-state index in [1.54, 1.807) is 0 Å². The maximum Gasteiger partial charge on any atom is 0.230 e. The van der Waals surface area contributed by atoms with Crippen LogP contribution in [0.1, 0.15) is 50.8 Å². The van der Waals surface area contributed by atoms with Gasteiger partial charge in [-0.2, -0.15) is 0 Å². The van der Waals surface area contributed by atoms with Gasteiger partial charge in [-0.15, -0.1) is 0 Å². The van der Waals surface area contributed by atoms with Crippen molar-refractivity contribution in [1.82, 2.24) is 5.32 Å². The normalized spacial score (nSPS) is 14.8. The zero-order valence-corrected chi connectivity index (χ0v) is 15.4. The Kier molecular flexibility index (Phi) is 6.77. The molecule has 0 aliphatic heterocycles. The van der Waals surface area contributed by atoms with Crippen molar-refractivity contribution < 1.29 is 9.90 Å². The lowest BCUT2D eigenvalue weighted by atomic mass is 9.76. The van der Waals surface area contributed by atoms with E-state index in [9.17, 15) is 9.90 Å². The van der Waals surface area contributed by atoms with Gasteiger partial charge < -0.3 is 10.4 Å². The van der Waals surface area contributed by atoms with Crippen molar-refractivity contribution in [3.63, 3.8) is 0 Å². The third kappa shape index (κ3) is 4.93. The number of nitrogens with one attached hydrogen (secondary N) is 1. The van der Waals surface area contributed by atoms with Gasteiger partial charge in [0.2, 0.25) is 5.91 Å². The lowest BCUT2D eigenvalue weighted by molar-refractivity contribution is -0.127. The average Bonchev–Trinajstić information content (AvgIpc) is 2.65. The Hall–Kier alpha value is -2.13. The van der Waals surface area contributed by atoms with Crippen LogP contribution in [-0.4, -0.2) is 17.6 Å². The molecular formula is C22H29NO2. The summed E-state index contributed by atoms with van der Waals surface area (Å²) in [6.07, 6.45) is 1.74. The summed E-state index contributed by atoms with van der Waals surface area (Å²) in [4.78, 5) is 13.2. The molecule has 0 fully saturated rings. The molecule has 0 bridgehead atoms. The van der Waals surface area contributed by atoms with Crippen LogP contribution in [0.4, 0.5) is 0 Å². The summed E-state index contributed by atoms with van der Waals surface area (Å²) < 4.78 is 0. The SMILES string of the molecule is CC(C)CCC(C)(C(=O)N[C@H](CO)c1ccccc1)c1ccccc1. The number of aliphatic hydroxyl groups is 1. The predicted molar refractivity (Wildman–Crippen MR) is 102 cm³/mol. The van der Waals surface area contributed by atoms with E-state index in [0.717, 1.165) is 24.0 Å². The van der Waals surface area contributed by atoms with Crippen LogP contribution in [-0.2, 0) is 10.2 Å². The number of aliphatic hydroxyl groups excluding tert-OH is 1. The van der Waals surface area contributed by atoms with E-state index < -0.39 is 11.5 Å². The van der Waals surface area contributed by atoms with Gasteiger partial charge in [0.05, 0.1) is 18.1 Å². The summed E-state index contributed by atoms with van der Waals surface area (Å²) in [6, 6.07) is 19.1. The molecule has 2 aromatic carbocycles. The molecule has 2 rings (SSSR count). The third-order valence-electron chi connectivity index (χ3n) is 4.82. The summed E-state index contributed by atoms with van der Waals surface area (Å²) in [5.74, 6) is 0.487. The lowest BCUT2D eigenvalue weighted by Gasteiger charge is -2.32. The molecule has 3 heteroatoms. The molecule has 0 saturated carbocycles. The first-order valence-corrected chi connectivity index (χ1v) is 8.99. The quantitative estimate of drug-likeness (QED) is 0.756. The number of amides is 1. The van der Waals surface area contributed by atoms with Crippen molar-refractivity contribution in [3.8, 4) is 0 Å². The third-order valence-corrected chi connectivity index (χ3v) is 4.82. The minimum Gasteiger partial charge on any atom is -0.394 e. The second kappa shape index (κ2) is 8.82. The van der Waals surface area contributed by atoms with Crippen molar-refractivity contribution in [1.29, 1.82) is 0 Å². The van der Waals surface area contributed by atoms with Crippen molar-refractivity contribution in [2.45, 2.75) is 45.1 Å². The van der Waals surface area contributed by atoms with Crippen LogP contribution in [0.5, 0.6) is 0 Å². The van der Waals surface area contributed by atoms with Gasteiger partial charge in [0, 0.05) is 0 Å². The molecule has 0 aliphatic carbocycles. The van der Waals surface area contributed by atoms with Gasteiger partial charge in [-0.1, -0.05) is 74.5 Å². The summed E-state index contributed by atoms with van der Waals surface area (Å²) in [5, 5.41) is 12.8. The Balaban J connectivity index is 2.25. The van der Waals surface area contributed by atoms with Crippen LogP contribution in [0, 0.1) is 5.92 Å². The minimum absolute atomic E-state index is 0.0396. The highest BCUT2D eigenvalue weighted by atomic mass is 16.3. The Morgan fingerprint density at radius 1 is 1.04 bits per heavy atom. The number of rotatable bonds is 8. The topological polar surface area (TPSA) is 49.3 Å². The average molecular weight is 339 g/mol. The maximum atomic E-state index is 13.2. The van der Waals surface area contributed by atoms with Gasteiger partial charge in [0.15, 0.2) is 0 Å². The lowest BCUT2D eigenvalue weighted by Crippen LogP contribution is -2.44. The highest BCUT2D eigenvalue weighted by Crippen LogP contribution is 2.32. The molecule has 0 spiro atoms. The molecule has 2 N–H and O–H groups in total. The Bertz CT molecular complexity index is 654. The Morgan fingerprint density at radius 2 is 1.60 bits per heavy atom. The van der Waals surface area contributed by atoms with Crippen molar-refractivity contribution >= 4 is 5.91 Å². The maximum absolute atomic E-state index is 13.2. The first-order chi connectivity index (χ1) is 12.0. The fourth-order valence-electron chi connectivity index (χ4n) is 3.01. The first kappa shape index (κ1) is 19.2. The van der Waals surface area contributed by atoms with Crippen molar-refractivity contribution in [2.24, 2.45) is 5.92 Å². The monoisotopic (exact) mass is 339 g/mol. The van der Waals surface area contributed by atoms with Gasteiger partial charge in [-0.3, -0.25) is 4.79 Å². The zero-order valence-electron chi connectivity index (χ0n) is 15.4. The van der Waals surface area contributed by atoms with Gasteiger partial charge in [-0.05, 0) is 36.8 Å². The molecule has 0 aliphatic rings. The molecule has 1 amide bonds. The second-order valence-electron chi connectivity index (χ2n) is 7.25. The fourth-order valence-corrected chi connectivity index (χ4v) is 3.01. The highest BCUT2D eigenvalue weighted by Gasteiger charge is 2.36. The summed E-state index contributed by atoms with van der Waals surface area (Å²) in [7, 11) is 0. The molecule has 3 nitrogen and oxygen atoms in total. The molecule has 134 valence electrons. The van der Waals surface area contributed by atoms with E-state index in [4.69, 9.17) is 0 Å². The standard InChI is InChI=1S/C22H29NO2/c1-17(2)14-15-22(3,19-12-8-5-9-13-19)21(25)23-20(16-24)18-10-6-4-7-11-18/h4-13,17,20,24H,14-16H2,1-3H3,(H,23,25)/t20-,22?/m1/s1. The van der Waals surface area contributed by atoms with Crippen LogP contribution in [0.2, 0.25) is 0 Å².